The van der Waals surface area contributed by atoms with Crippen LogP contribution in [0.5, 0.6) is 0 Å². The Labute approximate surface area is 210 Å². The van der Waals surface area contributed by atoms with Crippen molar-refractivity contribution in [2.24, 2.45) is 34.5 Å². The normalized spacial score (nSPS) is 41.9. The fourth-order valence-corrected chi connectivity index (χ4v) is 8.79. The minimum Gasteiger partial charge on any atom is -0.462 e. The highest BCUT2D eigenvalue weighted by Crippen LogP contribution is 2.67. The lowest BCUT2D eigenvalue weighted by Gasteiger charge is -2.61. The first-order valence-electron chi connectivity index (χ1n) is 13.6. The van der Waals surface area contributed by atoms with Gasteiger partial charge in [0.15, 0.2) is 5.60 Å². The van der Waals surface area contributed by atoms with E-state index in [1.54, 1.807) is 6.92 Å². The van der Waals surface area contributed by atoms with E-state index in [2.05, 4.69) is 25.7 Å². The molecule has 4 aliphatic carbocycles. The van der Waals surface area contributed by atoms with E-state index in [1.165, 1.54) is 32.6 Å². The average Bonchev–Trinajstić information content (AvgIpc) is 3.14. The van der Waals surface area contributed by atoms with Gasteiger partial charge in [0.25, 0.3) is 0 Å². The molecule has 0 aliphatic heterocycles. The second kappa shape index (κ2) is 8.99. The van der Waals surface area contributed by atoms with Crippen LogP contribution in [0.25, 0.3) is 0 Å². The number of esters is 2. The molecule has 4 nitrogen and oxygen atoms in total. The predicted molar refractivity (Wildman–Crippen MR) is 135 cm³/mol. The summed E-state index contributed by atoms with van der Waals surface area (Å²) in [6.07, 6.45) is 9.69. The Morgan fingerprint density at radius 3 is 2.31 bits per heavy atom. The Balaban J connectivity index is 1.38. The lowest BCUT2D eigenvalue weighted by Crippen LogP contribution is -2.56. The summed E-state index contributed by atoms with van der Waals surface area (Å²) in [7, 11) is 0. The average molecular weight is 477 g/mol. The van der Waals surface area contributed by atoms with Crippen molar-refractivity contribution in [2.75, 3.05) is 0 Å². The predicted octanol–water partition coefficient (Wildman–Crippen LogP) is 6.31. The summed E-state index contributed by atoms with van der Waals surface area (Å²) in [5, 5.41) is 0. The second-order valence-corrected chi connectivity index (χ2v) is 12.3. The zero-order valence-electron chi connectivity index (χ0n) is 21.8. The van der Waals surface area contributed by atoms with E-state index in [1.807, 2.05) is 30.3 Å². The standard InChI is InChI=1S/C31H40O4/c1-21(32)34-28-13-12-26-25-11-10-24-20-31(35-22(2)33,17-14-23-8-6-5-7-9-23)19-18-29(24,3)27(25)15-16-30(26,28)4/h5-9,24-28H,10-13,15-16,18-20H2,1-4H3/t24-,25-,26-,27-,28-,29-,30-,31-/m0/s1. The highest BCUT2D eigenvalue weighted by Gasteiger charge is 2.62. The summed E-state index contributed by atoms with van der Waals surface area (Å²) in [5.41, 5.74) is 0.649. The molecule has 0 bridgehead atoms. The van der Waals surface area contributed by atoms with Gasteiger partial charge in [-0.2, -0.15) is 0 Å². The fourth-order valence-electron chi connectivity index (χ4n) is 8.79. The van der Waals surface area contributed by atoms with Gasteiger partial charge in [0.05, 0.1) is 0 Å². The molecule has 0 radical (unpaired) electrons. The van der Waals surface area contributed by atoms with Gasteiger partial charge in [-0.1, -0.05) is 38.0 Å². The van der Waals surface area contributed by atoms with Crippen molar-refractivity contribution >= 4 is 11.9 Å². The quantitative estimate of drug-likeness (QED) is 0.370. The van der Waals surface area contributed by atoms with Gasteiger partial charge >= 0.3 is 11.9 Å². The third kappa shape index (κ3) is 4.30. The van der Waals surface area contributed by atoms with E-state index in [4.69, 9.17) is 9.47 Å². The summed E-state index contributed by atoms with van der Waals surface area (Å²) in [6.45, 7) is 7.96. The number of ether oxygens (including phenoxy) is 2. The van der Waals surface area contributed by atoms with Crippen LogP contribution < -0.4 is 0 Å². The number of hydrogen-bond acceptors (Lipinski definition) is 4. The molecule has 1 aromatic rings. The fraction of sp³-hybridized carbons (Fsp3) is 0.677. The SMILES string of the molecule is CC(=O)O[C@H]1CC[C@H]2[C@@H]3CC[C@H]4C[C@@](C#Cc5ccccc5)(OC(C)=O)CC[C@]4(C)[C@H]3CC[C@]12C. The third-order valence-corrected chi connectivity index (χ3v) is 10.5. The van der Waals surface area contributed by atoms with Crippen LogP contribution in [-0.4, -0.2) is 23.6 Å². The van der Waals surface area contributed by atoms with E-state index >= 15 is 0 Å². The molecule has 35 heavy (non-hydrogen) atoms. The first-order valence-corrected chi connectivity index (χ1v) is 13.6. The molecule has 0 aromatic heterocycles. The zero-order chi connectivity index (χ0) is 24.8. The van der Waals surface area contributed by atoms with E-state index < -0.39 is 5.60 Å². The number of hydrogen-bond donors (Lipinski definition) is 0. The molecule has 188 valence electrons. The first kappa shape index (κ1) is 24.4. The van der Waals surface area contributed by atoms with Crippen LogP contribution >= 0.6 is 0 Å². The Bertz CT molecular complexity index is 1040. The Hall–Kier alpha value is -2.28. The van der Waals surface area contributed by atoms with Gasteiger partial charge in [-0.3, -0.25) is 9.59 Å². The van der Waals surface area contributed by atoms with Crippen molar-refractivity contribution < 1.29 is 19.1 Å². The van der Waals surface area contributed by atoms with Crippen LogP contribution in [0.1, 0.15) is 91.0 Å². The maximum absolute atomic E-state index is 12.1. The Kier molecular flexibility index (Phi) is 6.27. The van der Waals surface area contributed by atoms with Crippen molar-refractivity contribution in [3.05, 3.63) is 35.9 Å². The molecular formula is C31H40O4. The van der Waals surface area contributed by atoms with E-state index in [0.29, 0.717) is 23.7 Å². The molecule has 5 rings (SSSR count). The van der Waals surface area contributed by atoms with Crippen LogP contribution in [0.15, 0.2) is 30.3 Å². The topological polar surface area (TPSA) is 52.6 Å². The van der Waals surface area contributed by atoms with Gasteiger partial charge in [-0.15, -0.1) is 0 Å². The van der Waals surface area contributed by atoms with Crippen LogP contribution in [0, 0.1) is 46.3 Å². The summed E-state index contributed by atoms with van der Waals surface area (Å²) in [5.74, 6) is 8.91. The van der Waals surface area contributed by atoms with Crippen molar-refractivity contribution in [1.82, 2.24) is 0 Å². The second-order valence-electron chi connectivity index (χ2n) is 12.3. The van der Waals surface area contributed by atoms with Crippen molar-refractivity contribution in [2.45, 2.75) is 97.2 Å². The van der Waals surface area contributed by atoms with Crippen molar-refractivity contribution in [1.29, 1.82) is 0 Å². The molecule has 4 saturated carbocycles. The molecule has 0 saturated heterocycles. The monoisotopic (exact) mass is 476 g/mol. The van der Waals surface area contributed by atoms with Crippen molar-refractivity contribution in [3.8, 4) is 11.8 Å². The number of benzene rings is 1. The van der Waals surface area contributed by atoms with Crippen molar-refractivity contribution in [3.63, 3.8) is 0 Å². The maximum atomic E-state index is 12.1. The Morgan fingerprint density at radius 1 is 0.857 bits per heavy atom. The smallest absolute Gasteiger partial charge is 0.304 e. The summed E-state index contributed by atoms with van der Waals surface area (Å²) < 4.78 is 11.8. The number of carbonyl (C=O) groups is 2. The number of rotatable bonds is 2. The highest BCUT2D eigenvalue weighted by molar-refractivity contribution is 5.67. The number of carbonyl (C=O) groups excluding carboxylic acids is 2. The minimum atomic E-state index is -0.685. The van der Waals surface area contributed by atoms with Gasteiger partial charge in [0, 0.05) is 31.2 Å². The molecular weight excluding hydrogens is 436 g/mol. The third-order valence-electron chi connectivity index (χ3n) is 10.5. The molecule has 4 fully saturated rings. The Morgan fingerprint density at radius 2 is 1.60 bits per heavy atom. The molecule has 0 N–H and O–H groups in total. The van der Waals surface area contributed by atoms with Crippen LogP contribution in [-0.2, 0) is 19.1 Å². The summed E-state index contributed by atoms with van der Waals surface area (Å²) >= 11 is 0. The largest absolute Gasteiger partial charge is 0.462 e. The minimum absolute atomic E-state index is 0.0766. The van der Waals surface area contributed by atoms with E-state index in [0.717, 1.165) is 37.7 Å². The van der Waals surface area contributed by atoms with Gasteiger partial charge < -0.3 is 9.47 Å². The molecule has 4 aliphatic rings. The molecule has 0 unspecified atom stereocenters. The lowest BCUT2D eigenvalue weighted by molar-refractivity contribution is -0.175. The van der Waals surface area contributed by atoms with Gasteiger partial charge in [0.1, 0.15) is 6.10 Å². The van der Waals surface area contributed by atoms with E-state index in [-0.39, 0.29) is 28.9 Å². The summed E-state index contributed by atoms with van der Waals surface area (Å²) in [4.78, 5) is 23.9. The molecule has 4 heteroatoms. The first-order chi connectivity index (χ1) is 16.7. The number of fused-ring (bicyclic) bond motifs is 5. The van der Waals surface area contributed by atoms with Crippen LogP contribution in [0.2, 0.25) is 0 Å². The van der Waals surface area contributed by atoms with Gasteiger partial charge in [-0.05, 0) is 98.5 Å². The zero-order valence-corrected chi connectivity index (χ0v) is 21.8. The molecule has 0 amide bonds. The van der Waals surface area contributed by atoms with Crippen LogP contribution in [0.4, 0.5) is 0 Å². The highest BCUT2D eigenvalue weighted by atomic mass is 16.6. The van der Waals surface area contributed by atoms with Gasteiger partial charge in [0.2, 0.25) is 0 Å². The maximum Gasteiger partial charge on any atom is 0.304 e. The molecule has 8 atom stereocenters. The van der Waals surface area contributed by atoms with Crippen LogP contribution in [0.3, 0.4) is 0 Å². The van der Waals surface area contributed by atoms with E-state index in [9.17, 15) is 9.59 Å². The lowest BCUT2D eigenvalue weighted by atomic mass is 9.44. The molecule has 0 heterocycles. The molecule has 1 aromatic carbocycles. The molecule has 0 spiro atoms. The van der Waals surface area contributed by atoms with Gasteiger partial charge in [-0.25, -0.2) is 0 Å². The summed E-state index contributed by atoms with van der Waals surface area (Å²) in [6, 6.07) is 10.00.